The minimum absolute atomic E-state index is 0.227. The zero-order valence-corrected chi connectivity index (χ0v) is 8.66. The molecule has 0 N–H and O–H groups in total. The van der Waals surface area contributed by atoms with Gasteiger partial charge in [-0.25, -0.2) is 9.97 Å². The monoisotopic (exact) mass is 232 g/mol. The van der Waals surface area contributed by atoms with Crippen LogP contribution in [0.1, 0.15) is 24.8 Å². The van der Waals surface area contributed by atoms with Crippen LogP contribution < -0.4 is 4.74 Å². The third-order valence-electron chi connectivity index (χ3n) is 2.55. The van der Waals surface area contributed by atoms with Crippen LogP contribution in [0.15, 0.2) is 12.4 Å². The highest BCUT2D eigenvalue weighted by atomic mass is 19.4. The SMILES string of the molecule is CC1CC1c1cnc(OCC(F)(F)F)nc1. The predicted molar refractivity (Wildman–Crippen MR) is 50.1 cm³/mol. The van der Waals surface area contributed by atoms with Gasteiger partial charge in [-0.3, -0.25) is 0 Å². The van der Waals surface area contributed by atoms with Gasteiger partial charge >= 0.3 is 12.2 Å². The molecule has 2 rings (SSSR count). The highest BCUT2D eigenvalue weighted by Crippen LogP contribution is 2.46. The quantitative estimate of drug-likeness (QED) is 0.803. The Labute approximate surface area is 90.7 Å². The van der Waals surface area contributed by atoms with Crippen LogP contribution in [0.3, 0.4) is 0 Å². The molecule has 1 heterocycles. The summed E-state index contributed by atoms with van der Waals surface area (Å²) in [4.78, 5) is 7.49. The summed E-state index contributed by atoms with van der Waals surface area (Å²) >= 11 is 0. The first-order chi connectivity index (χ1) is 7.46. The van der Waals surface area contributed by atoms with E-state index >= 15 is 0 Å². The van der Waals surface area contributed by atoms with Gasteiger partial charge in [0, 0.05) is 12.4 Å². The lowest BCUT2D eigenvalue weighted by Crippen LogP contribution is -2.20. The molecular weight excluding hydrogens is 221 g/mol. The van der Waals surface area contributed by atoms with Crippen molar-refractivity contribution in [2.24, 2.45) is 5.92 Å². The molecule has 0 aliphatic heterocycles. The van der Waals surface area contributed by atoms with E-state index in [0.717, 1.165) is 12.0 Å². The second-order valence-corrected chi connectivity index (χ2v) is 4.02. The average molecular weight is 232 g/mol. The van der Waals surface area contributed by atoms with Gasteiger partial charge in [-0.2, -0.15) is 13.2 Å². The maximum atomic E-state index is 11.8. The van der Waals surface area contributed by atoms with Crippen molar-refractivity contribution >= 4 is 0 Å². The van der Waals surface area contributed by atoms with Crippen LogP contribution in [0.4, 0.5) is 13.2 Å². The molecule has 0 bridgehead atoms. The molecule has 0 saturated heterocycles. The molecule has 0 amide bonds. The van der Waals surface area contributed by atoms with Crippen molar-refractivity contribution in [2.45, 2.75) is 25.4 Å². The summed E-state index contributed by atoms with van der Waals surface area (Å²) in [5.74, 6) is 1.07. The minimum Gasteiger partial charge on any atom is -0.454 e. The second kappa shape index (κ2) is 3.92. The Balaban J connectivity index is 1.92. The standard InChI is InChI=1S/C10H11F3N2O/c1-6-2-8(6)7-3-14-9(15-4-7)16-5-10(11,12)13/h3-4,6,8H,2,5H2,1H3. The van der Waals surface area contributed by atoms with E-state index in [0.29, 0.717) is 11.8 Å². The first-order valence-corrected chi connectivity index (χ1v) is 4.97. The Kier molecular flexibility index (Phi) is 2.73. The van der Waals surface area contributed by atoms with E-state index in [-0.39, 0.29) is 6.01 Å². The van der Waals surface area contributed by atoms with Gasteiger partial charge in [0.05, 0.1) is 0 Å². The minimum atomic E-state index is -4.35. The summed E-state index contributed by atoms with van der Waals surface area (Å²) in [5, 5.41) is 0. The molecule has 0 aromatic carbocycles. The van der Waals surface area contributed by atoms with Gasteiger partial charge in [0.15, 0.2) is 6.61 Å². The van der Waals surface area contributed by atoms with E-state index in [2.05, 4.69) is 21.6 Å². The van der Waals surface area contributed by atoms with Crippen LogP contribution in [0, 0.1) is 5.92 Å². The maximum absolute atomic E-state index is 11.8. The summed E-state index contributed by atoms with van der Waals surface area (Å²) in [6.07, 6.45) is -0.196. The molecule has 0 radical (unpaired) electrons. The first-order valence-electron chi connectivity index (χ1n) is 4.97. The second-order valence-electron chi connectivity index (χ2n) is 4.02. The van der Waals surface area contributed by atoms with Gasteiger partial charge in [-0.15, -0.1) is 0 Å². The molecule has 2 atom stereocenters. The molecule has 1 saturated carbocycles. The van der Waals surface area contributed by atoms with Gasteiger partial charge in [0.1, 0.15) is 0 Å². The Bertz CT molecular complexity index is 363. The molecule has 1 aliphatic carbocycles. The van der Waals surface area contributed by atoms with Crippen LogP contribution in [0.25, 0.3) is 0 Å². The average Bonchev–Trinajstić information content (AvgIpc) is 2.92. The van der Waals surface area contributed by atoms with Crippen LogP contribution in [-0.4, -0.2) is 22.8 Å². The fourth-order valence-corrected chi connectivity index (χ4v) is 1.53. The number of alkyl halides is 3. The highest BCUT2D eigenvalue weighted by Gasteiger charge is 2.34. The Morgan fingerprint density at radius 3 is 2.38 bits per heavy atom. The number of hydrogen-bond acceptors (Lipinski definition) is 3. The van der Waals surface area contributed by atoms with Crippen molar-refractivity contribution in [1.82, 2.24) is 9.97 Å². The van der Waals surface area contributed by atoms with Gasteiger partial charge in [-0.1, -0.05) is 6.92 Å². The van der Waals surface area contributed by atoms with Crippen molar-refractivity contribution in [2.75, 3.05) is 6.61 Å². The van der Waals surface area contributed by atoms with E-state index in [1.165, 1.54) is 12.4 Å². The lowest BCUT2D eigenvalue weighted by Gasteiger charge is -2.07. The molecule has 1 aliphatic rings. The first kappa shape index (κ1) is 11.2. The molecule has 1 aromatic rings. The summed E-state index contributed by atoms with van der Waals surface area (Å²) in [6.45, 7) is 0.755. The lowest BCUT2D eigenvalue weighted by atomic mass is 10.2. The summed E-state index contributed by atoms with van der Waals surface area (Å²) in [7, 11) is 0. The number of hydrogen-bond donors (Lipinski definition) is 0. The van der Waals surface area contributed by atoms with Crippen LogP contribution in [0.2, 0.25) is 0 Å². The summed E-state index contributed by atoms with van der Waals surface area (Å²) in [6, 6.07) is -0.227. The third kappa shape index (κ3) is 2.84. The molecule has 16 heavy (non-hydrogen) atoms. The summed E-state index contributed by atoms with van der Waals surface area (Å²) < 4.78 is 39.9. The topological polar surface area (TPSA) is 35.0 Å². The molecule has 0 spiro atoms. The number of aromatic nitrogens is 2. The molecule has 88 valence electrons. The van der Waals surface area contributed by atoms with Crippen LogP contribution in [-0.2, 0) is 0 Å². The normalized spacial score (nSPS) is 24.2. The van der Waals surface area contributed by atoms with Crippen molar-refractivity contribution in [1.29, 1.82) is 0 Å². The molecule has 6 heteroatoms. The van der Waals surface area contributed by atoms with E-state index in [1.807, 2.05) is 0 Å². The van der Waals surface area contributed by atoms with E-state index in [9.17, 15) is 13.2 Å². The molecule has 3 nitrogen and oxygen atoms in total. The zero-order chi connectivity index (χ0) is 11.8. The molecular formula is C10H11F3N2O. The fraction of sp³-hybridized carbons (Fsp3) is 0.600. The Morgan fingerprint density at radius 2 is 1.94 bits per heavy atom. The Morgan fingerprint density at radius 1 is 1.38 bits per heavy atom. The number of rotatable bonds is 3. The number of ether oxygens (including phenoxy) is 1. The Hall–Kier alpha value is -1.33. The number of halogens is 3. The van der Waals surface area contributed by atoms with Crippen molar-refractivity contribution in [3.8, 4) is 6.01 Å². The van der Waals surface area contributed by atoms with Crippen molar-refractivity contribution < 1.29 is 17.9 Å². The smallest absolute Gasteiger partial charge is 0.422 e. The third-order valence-corrected chi connectivity index (χ3v) is 2.55. The van der Waals surface area contributed by atoms with Crippen molar-refractivity contribution in [3.05, 3.63) is 18.0 Å². The lowest BCUT2D eigenvalue weighted by molar-refractivity contribution is -0.154. The van der Waals surface area contributed by atoms with E-state index < -0.39 is 12.8 Å². The zero-order valence-electron chi connectivity index (χ0n) is 8.66. The van der Waals surface area contributed by atoms with Gasteiger partial charge < -0.3 is 4.74 Å². The largest absolute Gasteiger partial charge is 0.454 e. The van der Waals surface area contributed by atoms with Gasteiger partial charge in [0.2, 0.25) is 0 Å². The molecule has 2 unspecified atom stereocenters. The van der Waals surface area contributed by atoms with E-state index in [1.54, 1.807) is 0 Å². The van der Waals surface area contributed by atoms with Gasteiger partial charge in [-0.05, 0) is 23.8 Å². The van der Waals surface area contributed by atoms with E-state index in [4.69, 9.17) is 0 Å². The van der Waals surface area contributed by atoms with Crippen LogP contribution >= 0.6 is 0 Å². The van der Waals surface area contributed by atoms with Crippen LogP contribution in [0.5, 0.6) is 6.01 Å². The molecule has 1 aromatic heterocycles. The number of nitrogens with zero attached hydrogens (tertiary/aromatic N) is 2. The summed E-state index contributed by atoms with van der Waals surface area (Å²) in [5.41, 5.74) is 0.965. The van der Waals surface area contributed by atoms with Crippen molar-refractivity contribution in [3.63, 3.8) is 0 Å². The fourth-order valence-electron chi connectivity index (χ4n) is 1.53. The highest BCUT2D eigenvalue weighted by molar-refractivity contribution is 5.20. The predicted octanol–water partition coefficient (Wildman–Crippen LogP) is 2.54. The van der Waals surface area contributed by atoms with Gasteiger partial charge in [0.25, 0.3) is 0 Å². The molecule has 1 fully saturated rings. The maximum Gasteiger partial charge on any atom is 0.422 e.